The number of benzene rings is 3. The number of nitrogens with zero attached hydrogens (tertiary/aromatic N) is 1. The third kappa shape index (κ3) is 6.06. The van der Waals surface area contributed by atoms with E-state index in [1.807, 2.05) is 75.4 Å². The first-order valence-electron chi connectivity index (χ1n) is 12.7. The standard InChI is InChI=1S/C32H35NO3/c1-6-24-13-11-14-25(7-2)32(24)30-20-31(35-22(3)4)29(23(5)33-30)21-34-27-17-12-18-28(19-27)36-26-15-9-8-10-16-26/h8-20,22H,6-7,21H2,1-5H3. The highest BCUT2D eigenvalue weighted by atomic mass is 16.5. The summed E-state index contributed by atoms with van der Waals surface area (Å²) in [5.41, 5.74) is 6.64. The van der Waals surface area contributed by atoms with Crippen molar-refractivity contribution in [2.45, 2.75) is 60.2 Å². The minimum absolute atomic E-state index is 0.0352. The van der Waals surface area contributed by atoms with Crippen molar-refractivity contribution in [2.75, 3.05) is 0 Å². The lowest BCUT2D eigenvalue weighted by Crippen LogP contribution is -2.11. The third-order valence-electron chi connectivity index (χ3n) is 6.08. The van der Waals surface area contributed by atoms with Crippen LogP contribution in [0.1, 0.15) is 50.1 Å². The van der Waals surface area contributed by atoms with Gasteiger partial charge in [0.05, 0.1) is 17.4 Å². The van der Waals surface area contributed by atoms with Crippen LogP contribution in [0.4, 0.5) is 0 Å². The maximum absolute atomic E-state index is 6.28. The van der Waals surface area contributed by atoms with E-state index >= 15 is 0 Å². The Labute approximate surface area is 214 Å². The van der Waals surface area contributed by atoms with E-state index in [9.17, 15) is 0 Å². The molecule has 1 heterocycles. The molecule has 4 aromatic rings. The highest BCUT2D eigenvalue weighted by molar-refractivity contribution is 5.70. The van der Waals surface area contributed by atoms with Crippen LogP contribution in [-0.2, 0) is 19.4 Å². The molecule has 0 amide bonds. The van der Waals surface area contributed by atoms with Gasteiger partial charge in [0.15, 0.2) is 0 Å². The molecule has 36 heavy (non-hydrogen) atoms. The zero-order valence-corrected chi connectivity index (χ0v) is 21.9. The zero-order chi connectivity index (χ0) is 25.5. The van der Waals surface area contributed by atoms with Gasteiger partial charge in [-0.3, -0.25) is 4.98 Å². The number of rotatable bonds is 10. The molecule has 186 valence electrons. The molecule has 0 fully saturated rings. The van der Waals surface area contributed by atoms with Gasteiger partial charge >= 0.3 is 0 Å². The van der Waals surface area contributed by atoms with Gasteiger partial charge in [-0.1, -0.05) is 56.3 Å². The van der Waals surface area contributed by atoms with Crippen LogP contribution in [0.3, 0.4) is 0 Å². The van der Waals surface area contributed by atoms with Crippen LogP contribution in [0.25, 0.3) is 11.3 Å². The molecule has 0 spiro atoms. The molecule has 0 radical (unpaired) electrons. The highest BCUT2D eigenvalue weighted by Crippen LogP contribution is 2.34. The Morgan fingerprint density at radius 1 is 0.750 bits per heavy atom. The number of aryl methyl sites for hydroxylation is 3. The van der Waals surface area contributed by atoms with Crippen LogP contribution in [0, 0.1) is 6.92 Å². The largest absolute Gasteiger partial charge is 0.490 e. The predicted molar refractivity (Wildman–Crippen MR) is 146 cm³/mol. The lowest BCUT2D eigenvalue weighted by Gasteiger charge is -2.20. The van der Waals surface area contributed by atoms with Gasteiger partial charge in [0.2, 0.25) is 0 Å². The molecule has 0 aliphatic carbocycles. The second kappa shape index (κ2) is 11.8. The van der Waals surface area contributed by atoms with E-state index in [-0.39, 0.29) is 6.10 Å². The molecule has 4 nitrogen and oxygen atoms in total. The van der Waals surface area contributed by atoms with Crippen molar-refractivity contribution in [1.82, 2.24) is 4.98 Å². The van der Waals surface area contributed by atoms with E-state index in [1.165, 1.54) is 16.7 Å². The van der Waals surface area contributed by atoms with Crippen molar-refractivity contribution in [1.29, 1.82) is 0 Å². The third-order valence-corrected chi connectivity index (χ3v) is 6.08. The molecule has 0 aliphatic heterocycles. The molecule has 0 unspecified atom stereocenters. The number of aromatic nitrogens is 1. The first-order valence-corrected chi connectivity index (χ1v) is 12.7. The average Bonchev–Trinajstić information content (AvgIpc) is 2.88. The quantitative estimate of drug-likeness (QED) is 0.228. The maximum atomic E-state index is 6.28. The van der Waals surface area contributed by atoms with E-state index in [1.54, 1.807) is 0 Å². The fourth-order valence-electron chi connectivity index (χ4n) is 4.31. The summed E-state index contributed by atoms with van der Waals surface area (Å²) in [7, 11) is 0. The molecule has 0 saturated carbocycles. The van der Waals surface area contributed by atoms with Crippen molar-refractivity contribution in [3.63, 3.8) is 0 Å². The summed E-state index contributed by atoms with van der Waals surface area (Å²) in [6.07, 6.45) is 1.95. The Morgan fingerprint density at radius 2 is 1.39 bits per heavy atom. The summed E-state index contributed by atoms with van der Waals surface area (Å²) >= 11 is 0. The molecule has 0 saturated heterocycles. The van der Waals surface area contributed by atoms with Gasteiger partial charge in [-0.25, -0.2) is 0 Å². The van der Waals surface area contributed by atoms with Crippen LogP contribution < -0.4 is 14.2 Å². The van der Waals surface area contributed by atoms with Gasteiger partial charge in [-0.15, -0.1) is 0 Å². The molecule has 4 rings (SSSR count). The molecule has 0 aliphatic rings. The fourth-order valence-corrected chi connectivity index (χ4v) is 4.31. The molecular weight excluding hydrogens is 446 g/mol. The SMILES string of the molecule is CCc1cccc(CC)c1-c1cc(OC(C)C)c(COc2cccc(Oc3ccccc3)c2)c(C)n1. The number of hydrogen-bond acceptors (Lipinski definition) is 4. The lowest BCUT2D eigenvalue weighted by molar-refractivity contribution is 0.229. The van der Waals surface area contributed by atoms with Crippen molar-refractivity contribution in [2.24, 2.45) is 0 Å². The van der Waals surface area contributed by atoms with E-state index in [2.05, 4.69) is 38.1 Å². The van der Waals surface area contributed by atoms with Gasteiger partial charge < -0.3 is 14.2 Å². The second-order valence-electron chi connectivity index (χ2n) is 9.07. The van der Waals surface area contributed by atoms with Gasteiger partial charge in [0, 0.05) is 23.4 Å². The molecule has 0 atom stereocenters. The van der Waals surface area contributed by atoms with Crippen molar-refractivity contribution < 1.29 is 14.2 Å². The minimum atomic E-state index is 0.0352. The van der Waals surface area contributed by atoms with Crippen LogP contribution >= 0.6 is 0 Å². The molecular formula is C32H35NO3. The van der Waals surface area contributed by atoms with E-state index in [0.29, 0.717) is 6.61 Å². The minimum Gasteiger partial charge on any atom is -0.490 e. The van der Waals surface area contributed by atoms with Gasteiger partial charge in [0.1, 0.15) is 29.6 Å². The zero-order valence-electron chi connectivity index (χ0n) is 21.9. The van der Waals surface area contributed by atoms with E-state index in [4.69, 9.17) is 19.2 Å². The monoisotopic (exact) mass is 481 g/mol. The number of pyridine rings is 1. The summed E-state index contributed by atoms with van der Waals surface area (Å²) in [6.45, 7) is 10.9. The summed E-state index contributed by atoms with van der Waals surface area (Å²) in [6, 6.07) is 26.0. The van der Waals surface area contributed by atoms with Crippen molar-refractivity contribution >= 4 is 0 Å². The average molecular weight is 482 g/mol. The predicted octanol–water partition coefficient (Wildman–Crippen LogP) is 8.34. The summed E-state index contributed by atoms with van der Waals surface area (Å²) in [4.78, 5) is 5.03. The Hall–Kier alpha value is -3.79. The number of ether oxygens (including phenoxy) is 3. The van der Waals surface area contributed by atoms with Crippen LogP contribution in [0.2, 0.25) is 0 Å². The Kier molecular flexibility index (Phi) is 8.27. The van der Waals surface area contributed by atoms with Gasteiger partial charge in [0.25, 0.3) is 0 Å². The Balaban J connectivity index is 1.63. The normalized spacial score (nSPS) is 10.9. The van der Waals surface area contributed by atoms with Crippen molar-refractivity contribution in [3.8, 4) is 34.3 Å². The lowest BCUT2D eigenvalue weighted by atomic mass is 9.94. The molecule has 1 aromatic heterocycles. The first kappa shape index (κ1) is 25.3. The van der Waals surface area contributed by atoms with Crippen molar-refractivity contribution in [3.05, 3.63) is 101 Å². The first-order chi connectivity index (χ1) is 17.5. The molecule has 3 aromatic carbocycles. The topological polar surface area (TPSA) is 40.6 Å². The number of hydrogen-bond donors (Lipinski definition) is 0. The Morgan fingerprint density at radius 3 is 2.06 bits per heavy atom. The van der Waals surface area contributed by atoms with E-state index < -0.39 is 0 Å². The van der Waals surface area contributed by atoms with E-state index in [0.717, 1.165) is 52.8 Å². The van der Waals surface area contributed by atoms with Crippen LogP contribution in [-0.4, -0.2) is 11.1 Å². The fraction of sp³-hybridized carbons (Fsp3) is 0.281. The highest BCUT2D eigenvalue weighted by Gasteiger charge is 2.18. The maximum Gasteiger partial charge on any atom is 0.131 e. The molecule has 0 bridgehead atoms. The van der Waals surface area contributed by atoms with Crippen LogP contribution in [0.15, 0.2) is 78.9 Å². The Bertz CT molecular complexity index is 1280. The smallest absolute Gasteiger partial charge is 0.131 e. The molecule has 4 heteroatoms. The summed E-state index contributed by atoms with van der Waals surface area (Å²) < 4.78 is 18.5. The van der Waals surface area contributed by atoms with Gasteiger partial charge in [-0.2, -0.15) is 0 Å². The second-order valence-corrected chi connectivity index (χ2v) is 9.07. The number of para-hydroxylation sites is 1. The summed E-state index contributed by atoms with van der Waals surface area (Å²) in [5.74, 6) is 3.06. The van der Waals surface area contributed by atoms with Crippen LogP contribution in [0.5, 0.6) is 23.0 Å². The summed E-state index contributed by atoms with van der Waals surface area (Å²) in [5, 5.41) is 0. The molecule has 0 N–H and O–H groups in total. The van der Waals surface area contributed by atoms with Gasteiger partial charge in [-0.05, 0) is 69.0 Å².